The second kappa shape index (κ2) is 6.96. The Labute approximate surface area is 155 Å². The first kappa shape index (κ1) is 16.8. The van der Waals surface area contributed by atoms with E-state index < -0.39 is 6.10 Å². The van der Waals surface area contributed by atoms with Crippen LogP contribution in [0.1, 0.15) is 18.9 Å². The van der Waals surface area contributed by atoms with Crippen LogP contribution >= 0.6 is 11.3 Å². The molecule has 1 atom stereocenters. The van der Waals surface area contributed by atoms with Gasteiger partial charge in [-0.1, -0.05) is 36.5 Å². The van der Waals surface area contributed by atoms with Gasteiger partial charge in [-0.3, -0.25) is 4.79 Å². The molecule has 0 radical (unpaired) electrons. The summed E-state index contributed by atoms with van der Waals surface area (Å²) < 4.78 is 14.7. The Balaban J connectivity index is 1.69. The van der Waals surface area contributed by atoms with E-state index >= 15 is 0 Å². The van der Waals surface area contributed by atoms with Gasteiger partial charge < -0.3 is 14.0 Å². The maximum absolute atomic E-state index is 12.7. The highest BCUT2D eigenvalue weighted by Crippen LogP contribution is 2.31. The standard InChI is InChI=1S/C20H20N2O3S/c1-3-10-22-14-9-8-13(2)11-18(14)26-20(22)21-19(23)17-12-24-15-6-4-5-7-16(15)25-17/h4-9,11,17H,3,10,12H2,1-2H3/t17-/m0/s1. The van der Waals surface area contributed by atoms with Crippen LogP contribution in [0, 0.1) is 6.92 Å². The van der Waals surface area contributed by atoms with E-state index in [1.165, 1.54) is 16.9 Å². The molecule has 0 fully saturated rings. The van der Waals surface area contributed by atoms with Crippen LogP contribution in [0.5, 0.6) is 11.5 Å². The molecule has 1 aromatic heterocycles. The molecule has 1 amide bonds. The Kier molecular flexibility index (Phi) is 4.51. The molecule has 0 bridgehead atoms. The monoisotopic (exact) mass is 368 g/mol. The Bertz CT molecular complexity index is 1030. The minimum absolute atomic E-state index is 0.178. The number of nitrogens with zero attached hydrogens (tertiary/aromatic N) is 2. The minimum Gasteiger partial charge on any atom is -0.485 e. The molecule has 0 spiro atoms. The third kappa shape index (κ3) is 3.12. The van der Waals surface area contributed by atoms with Gasteiger partial charge >= 0.3 is 0 Å². The van der Waals surface area contributed by atoms with Crippen molar-refractivity contribution in [3.05, 3.63) is 52.8 Å². The van der Waals surface area contributed by atoms with Crippen LogP contribution in [0.2, 0.25) is 0 Å². The molecule has 2 aromatic carbocycles. The van der Waals surface area contributed by atoms with Gasteiger partial charge in [-0.15, -0.1) is 0 Å². The normalized spacial score (nSPS) is 16.8. The SMILES string of the molecule is CCCn1c(=NC(=O)[C@@H]2COc3ccccc3O2)sc2cc(C)ccc21. The summed E-state index contributed by atoms with van der Waals surface area (Å²) in [5.74, 6) is 0.934. The van der Waals surface area contributed by atoms with Crippen molar-refractivity contribution < 1.29 is 14.3 Å². The number of amides is 1. The molecule has 3 aromatic rings. The van der Waals surface area contributed by atoms with E-state index in [1.807, 2.05) is 18.2 Å². The van der Waals surface area contributed by atoms with Gasteiger partial charge in [-0.2, -0.15) is 4.99 Å². The highest BCUT2D eigenvalue weighted by atomic mass is 32.1. The van der Waals surface area contributed by atoms with Crippen LogP contribution in [-0.2, 0) is 11.3 Å². The Hall–Kier alpha value is -2.60. The summed E-state index contributed by atoms with van der Waals surface area (Å²) in [5, 5.41) is 0. The molecule has 4 rings (SSSR count). The number of carbonyl (C=O) groups is 1. The lowest BCUT2D eigenvalue weighted by Gasteiger charge is -2.23. The largest absolute Gasteiger partial charge is 0.485 e. The number of benzene rings is 2. The van der Waals surface area contributed by atoms with Crippen molar-refractivity contribution in [1.82, 2.24) is 4.57 Å². The molecule has 0 saturated carbocycles. The van der Waals surface area contributed by atoms with Gasteiger partial charge in [0, 0.05) is 6.54 Å². The fourth-order valence-corrected chi connectivity index (χ4v) is 4.17. The highest BCUT2D eigenvalue weighted by molar-refractivity contribution is 7.16. The summed E-state index contributed by atoms with van der Waals surface area (Å²) in [4.78, 5) is 17.8. The Morgan fingerprint density at radius 1 is 1.27 bits per heavy atom. The molecule has 2 heterocycles. The molecule has 134 valence electrons. The Morgan fingerprint density at radius 2 is 2.08 bits per heavy atom. The van der Waals surface area contributed by atoms with Gasteiger partial charge in [-0.25, -0.2) is 0 Å². The first-order valence-corrected chi connectivity index (χ1v) is 9.54. The number of para-hydroxylation sites is 2. The summed E-state index contributed by atoms with van der Waals surface area (Å²) in [6, 6.07) is 13.7. The van der Waals surface area contributed by atoms with E-state index in [1.54, 1.807) is 6.07 Å². The molecule has 0 N–H and O–H groups in total. The lowest BCUT2D eigenvalue weighted by atomic mass is 10.2. The highest BCUT2D eigenvalue weighted by Gasteiger charge is 2.27. The molecule has 1 aliphatic rings. The second-order valence-electron chi connectivity index (χ2n) is 6.32. The van der Waals surface area contributed by atoms with E-state index in [0.29, 0.717) is 16.3 Å². The third-order valence-electron chi connectivity index (χ3n) is 4.28. The quantitative estimate of drug-likeness (QED) is 0.708. The minimum atomic E-state index is -0.716. The van der Waals surface area contributed by atoms with Gasteiger partial charge in [0.25, 0.3) is 5.91 Å². The fraction of sp³-hybridized carbons (Fsp3) is 0.300. The number of aryl methyl sites for hydroxylation is 2. The van der Waals surface area contributed by atoms with E-state index in [4.69, 9.17) is 9.47 Å². The number of hydrogen-bond donors (Lipinski definition) is 0. The van der Waals surface area contributed by atoms with Crippen molar-refractivity contribution in [3.63, 3.8) is 0 Å². The zero-order valence-corrected chi connectivity index (χ0v) is 15.6. The molecule has 0 unspecified atom stereocenters. The van der Waals surface area contributed by atoms with Crippen molar-refractivity contribution in [2.75, 3.05) is 6.61 Å². The number of fused-ring (bicyclic) bond motifs is 2. The summed E-state index contributed by atoms with van der Waals surface area (Å²) in [7, 11) is 0. The second-order valence-corrected chi connectivity index (χ2v) is 7.33. The topological polar surface area (TPSA) is 52.8 Å². The van der Waals surface area contributed by atoms with E-state index in [9.17, 15) is 4.79 Å². The lowest BCUT2D eigenvalue weighted by molar-refractivity contribution is -0.127. The molecular weight excluding hydrogens is 348 g/mol. The summed E-state index contributed by atoms with van der Waals surface area (Å²) >= 11 is 1.54. The number of thiazole rings is 1. The molecule has 1 aliphatic heterocycles. The van der Waals surface area contributed by atoms with Crippen LogP contribution in [0.15, 0.2) is 47.5 Å². The molecule has 6 heteroatoms. The third-order valence-corrected chi connectivity index (χ3v) is 5.32. The van der Waals surface area contributed by atoms with Crippen molar-refractivity contribution in [2.45, 2.75) is 32.9 Å². The van der Waals surface area contributed by atoms with E-state index in [-0.39, 0.29) is 12.5 Å². The zero-order valence-electron chi connectivity index (χ0n) is 14.8. The van der Waals surface area contributed by atoms with Gasteiger partial charge in [0.1, 0.15) is 6.61 Å². The molecule has 0 saturated heterocycles. The van der Waals surface area contributed by atoms with E-state index in [2.05, 4.69) is 41.6 Å². The fourth-order valence-electron chi connectivity index (χ4n) is 3.01. The Morgan fingerprint density at radius 3 is 2.88 bits per heavy atom. The zero-order chi connectivity index (χ0) is 18.1. The van der Waals surface area contributed by atoms with Crippen molar-refractivity contribution in [2.24, 2.45) is 4.99 Å². The van der Waals surface area contributed by atoms with Crippen LogP contribution in [0.4, 0.5) is 0 Å². The molecule has 0 aliphatic carbocycles. The lowest BCUT2D eigenvalue weighted by Crippen LogP contribution is -2.36. The van der Waals surface area contributed by atoms with Gasteiger partial charge in [-0.05, 0) is 43.2 Å². The van der Waals surface area contributed by atoms with E-state index in [0.717, 1.165) is 23.2 Å². The number of ether oxygens (including phenoxy) is 2. The smallest absolute Gasteiger partial charge is 0.292 e. The molecule has 26 heavy (non-hydrogen) atoms. The maximum Gasteiger partial charge on any atom is 0.292 e. The summed E-state index contributed by atoms with van der Waals surface area (Å²) in [6.45, 7) is 5.18. The van der Waals surface area contributed by atoms with Crippen LogP contribution in [-0.4, -0.2) is 23.2 Å². The van der Waals surface area contributed by atoms with Gasteiger partial charge in [0.05, 0.1) is 10.2 Å². The van der Waals surface area contributed by atoms with Crippen LogP contribution in [0.25, 0.3) is 10.2 Å². The number of rotatable bonds is 3. The summed E-state index contributed by atoms with van der Waals surface area (Å²) in [5.41, 5.74) is 2.31. The van der Waals surface area contributed by atoms with Crippen LogP contribution < -0.4 is 14.3 Å². The van der Waals surface area contributed by atoms with Crippen molar-refractivity contribution in [3.8, 4) is 11.5 Å². The molecule has 5 nitrogen and oxygen atoms in total. The first-order chi connectivity index (χ1) is 12.7. The maximum atomic E-state index is 12.7. The van der Waals surface area contributed by atoms with Crippen LogP contribution in [0.3, 0.4) is 0 Å². The predicted molar refractivity (Wildman–Crippen MR) is 102 cm³/mol. The van der Waals surface area contributed by atoms with Crippen molar-refractivity contribution in [1.29, 1.82) is 0 Å². The number of hydrogen-bond acceptors (Lipinski definition) is 4. The molecular formula is C20H20N2O3S. The number of carbonyl (C=O) groups excluding carboxylic acids is 1. The number of aromatic nitrogens is 1. The average Bonchev–Trinajstić information content (AvgIpc) is 2.98. The van der Waals surface area contributed by atoms with Gasteiger partial charge in [0.15, 0.2) is 16.3 Å². The summed E-state index contributed by atoms with van der Waals surface area (Å²) in [6.07, 6.45) is 0.254. The average molecular weight is 368 g/mol. The first-order valence-electron chi connectivity index (χ1n) is 8.73. The predicted octanol–water partition coefficient (Wildman–Crippen LogP) is 3.69. The van der Waals surface area contributed by atoms with Crippen molar-refractivity contribution >= 4 is 27.5 Å². The van der Waals surface area contributed by atoms with Gasteiger partial charge in [0.2, 0.25) is 6.10 Å².